The van der Waals surface area contributed by atoms with E-state index in [-0.39, 0.29) is 18.8 Å². The first kappa shape index (κ1) is 11.0. The van der Waals surface area contributed by atoms with Crippen LogP contribution < -0.4 is 0 Å². The molecule has 0 aromatic heterocycles. The minimum absolute atomic E-state index is 0.210. The molecule has 2 rings (SSSR count). The summed E-state index contributed by atoms with van der Waals surface area (Å²) in [5.41, 5.74) is 0.217. The number of ether oxygens (including phenoxy) is 2. The maximum absolute atomic E-state index is 13.5. The predicted octanol–water partition coefficient (Wildman–Crippen LogP) is 1.37. The number of rotatable bonds is 2. The van der Waals surface area contributed by atoms with Crippen molar-refractivity contribution < 1.29 is 23.8 Å². The molecule has 1 aromatic carbocycles. The van der Waals surface area contributed by atoms with Crippen LogP contribution in [0.15, 0.2) is 24.3 Å². The molecule has 1 aliphatic rings. The van der Waals surface area contributed by atoms with Crippen LogP contribution in [0.1, 0.15) is 11.7 Å². The maximum Gasteiger partial charge on any atom is 0.335 e. The molecule has 0 unspecified atom stereocenters. The van der Waals surface area contributed by atoms with Crippen molar-refractivity contribution in [2.24, 2.45) is 0 Å². The standard InChI is InChI=1S/C11H11FO4/c12-8-4-2-1-3-7(8)9-10(11(13)14)16-6-5-15-9/h1-4,9-10H,5-6H2,(H,13,14)/t9-,10+/m1/s1. The smallest absolute Gasteiger partial charge is 0.335 e. The fraction of sp³-hybridized carbons (Fsp3) is 0.364. The Bertz CT molecular complexity index is 393. The summed E-state index contributed by atoms with van der Waals surface area (Å²) in [6.45, 7) is 0.477. The largest absolute Gasteiger partial charge is 0.479 e. The fourth-order valence-corrected chi connectivity index (χ4v) is 1.68. The van der Waals surface area contributed by atoms with Crippen LogP contribution in [0.4, 0.5) is 4.39 Å². The van der Waals surface area contributed by atoms with Gasteiger partial charge in [0.05, 0.1) is 13.2 Å². The molecule has 5 heteroatoms. The molecule has 1 aliphatic heterocycles. The monoisotopic (exact) mass is 226 g/mol. The van der Waals surface area contributed by atoms with Gasteiger partial charge in [-0.3, -0.25) is 0 Å². The molecule has 1 heterocycles. The van der Waals surface area contributed by atoms with Gasteiger partial charge in [0.2, 0.25) is 0 Å². The lowest BCUT2D eigenvalue weighted by atomic mass is 10.0. The molecule has 0 saturated carbocycles. The van der Waals surface area contributed by atoms with E-state index in [2.05, 4.69) is 0 Å². The lowest BCUT2D eigenvalue weighted by molar-refractivity contribution is -0.181. The first-order valence-corrected chi connectivity index (χ1v) is 4.90. The van der Waals surface area contributed by atoms with Gasteiger partial charge in [-0.25, -0.2) is 9.18 Å². The van der Waals surface area contributed by atoms with Crippen LogP contribution in [0.2, 0.25) is 0 Å². The quantitative estimate of drug-likeness (QED) is 0.827. The third-order valence-electron chi connectivity index (χ3n) is 2.41. The van der Waals surface area contributed by atoms with E-state index >= 15 is 0 Å². The Balaban J connectivity index is 2.30. The number of halogens is 1. The van der Waals surface area contributed by atoms with Crippen molar-refractivity contribution in [1.29, 1.82) is 0 Å². The Labute approximate surface area is 91.6 Å². The summed E-state index contributed by atoms with van der Waals surface area (Å²) >= 11 is 0. The third-order valence-corrected chi connectivity index (χ3v) is 2.41. The topological polar surface area (TPSA) is 55.8 Å². The Hall–Kier alpha value is -1.46. The van der Waals surface area contributed by atoms with E-state index in [1.165, 1.54) is 18.2 Å². The van der Waals surface area contributed by atoms with E-state index in [1.54, 1.807) is 6.07 Å². The number of hydrogen-bond donors (Lipinski definition) is 1. The molecule has 0 amide bonds. The number of aliphatic carboxylic acids is 1. The molecule has 0 spiro atoms. The van der Waals surface area contributed by atoms with Gasteiger partial charge in [-0.05, 0) is 6.07 Å². The van der Waals surface area contributed by atoms with Crippen LogP contribution in [0, 0.1) is 5.82 Å². The molecule has 1 aromatic rings. The molecule has 86 valence electrons. The maximum atomic E-state index is 13.5. The highest BCUT2D eigenvalue weighted by Gasteiger charge is 2.35. The third kappa shape index (κ3) is 2.05. The summed E-state index contributed by atoms with van der Waals surface area (Å²) < 4.78 is 23.8. The van der Waals surface area contributed by atoms with E-state index in [1.807, 2.05) is 0 Å². The zero-order valence-corrected chi connectivity index (χ0v) is 8.43. The van der Waals surface area contributed by atoms with Gasteiger partial charge < -0.3 is 14.6 Å². The molecule has 2 atom stereocenters. The summed E-state index contributed by atoms with van der Waals surface area (Å²) in [7, 11) is 0. The van der Waals surface area contributed by atoms with Crippen molar-refractivity contribution in [2.45, 2.75) is 12.2 Å². The van der Waals surface area contributed by atoms with Crippen molar-refractivity contribution >= 4 is 5.97 Å². The minimum Gasteiger partial charge on any atom is -0.479 e. The van der Waals surface area contributed by atoms with Crippen LogP contribution in [0.3, 0.4) is 0 Å². The van der Waals surface area contributed by atoms with E-state index < -0.39 is 24.0 Å². The number of benzene rings is 1. The molecule has 0 aliphatic carbocycles. The first-order chi connectivity index (χ1) is 7.70. The van der Waals surface area contributed by atoms with Gasteiger partial charge in [-0.15, -0.1) is 0 Å². The summed E-state index contributed by atoms with van der Waals surface area (Å²) in [6, 6.07) is 5.95. The molecule has 0 radical (unpaired) electrons. The second kappa shape index (κ2) is 4.59. The van der Waals surface area contributed by atoms with Gasteiger partial charge in [0, 0.05) is 5.56 Å². The lowest BCUT2D eigenvalue weighted by Gasteiger charge is -2.29. The minimum atomic E-state index is -1.15. The predicted molar refractivity (Wildman–Crippen MR) is 52.5 cm³/mol. The van der Waals surface area contributed by atoms with E-state index in [0.717, 1.165) is 0 Å². The van der Waals surface area contributed by atoms with Crippen LogP contribution in [-0.4, -0.2) is 30.4 Å². The van der Waals surface area contributed by atoms with Gasteiger partial charge in [0.1, 0.15) is 11.9 Å². The van der Waals surface area contributed by atoms with Crippen molar-refractivity contribution in [3.05, 3.63) is 35.6 Å². The summed E-state index contributed by atoms with van der Waals surface area (Å²) in [5.74, 6) is -1.63. The first-order valence-electron chi connectivity index (χ1n) is 4.90. The Morgan fingerprint density at radius 2 is 2.00 bits per heavy atom. The van der Waals surface area contributed by atoms with Gasteiger partial charge >= 0.3 is 5.97 Å². The van der Waals surface area contributed by atoms with Crippen molar-refractivity contribution in [2.75, 3.05) is 13.2 Å². The van der Waals surface area contributed by atoms with E-state index in [0.29, 0.717) is 0 Å². The number of carboxylic acids is 1. The molecule has 0 bridgehead atoms. The molecule has 1 fully saturated rings. The molecule has 1 N–H and O–H groups in total. The zero-order valence-electron chi connectivity index (χ0n) is 8.43. The van der Waals surface area contributed by atoms with Gasteiger partial charge in [0.15, 0.2) is 6.10 Å². The second-order valence-electron chi connectivity index (χ2n) is 3.44. The van der Waals surface area contributed by atoms with Crippen molar-refractivity contribution in [3.8, 4) is 0 Å². The van der Waals surface area contributed by atoms with Crippen molar-refractivity contribution in [3.63, 3.8) is 0 Å². The molecule has 16 heavy (non-hydrogen) atoms. The average molecular weight is 226 g/mol. The van der Waals surface area contributed by atoms with E-state index in [4.69, 9.17) is 14.6 Å². The van der Waals surface area contributed by atoms with Crippen LogP contribution in [0.25, 0.3) is 0 Å². The van der Waals surface area contributed by atoms with Crippen LogP contribution in [0.5, 0.6) is 0 Å². The number of hydrogen-bond acceptors (Lipinski definition) is 3. The highest BCUT2D eigenvalue weighted by molar-refractivity contribution is 5.73. The van der Waals surface area contributed by atoms with Crippen LogP contribution in [-0.2, 0) is 14.3 Å². The number of carbonyl (C=O) groups is 1. The van der Waals surface area contributed by atoms with Crippen molar-refractivity contribution in [1.82, 2.24) is 0 Å². The summed E-state index contributed by atoms with van der Waals surface area (Å²) in [5, 5.41) is 8.93. The molecular weight excluding hydrogens is 215 g/mol. The van der Waals surface area contributed by atoms with Gasteiger partial charge in [0.25, 0.3) is 0 Å². The van der Waals surface area contributed by atoms with Crippen LogP contribution >= 0.6 is 0 Å². The SMILES string of the molecule is O=C(O)[C@H]1OCCO[C@@H]1c1ccccc1F. The average Bonchev–Trinajstić information content (AvgIpc) is 2.29. The highest BCUT2D eigenvalue weighted by atomic mass is 19.1. The molecule has 4 nitrogen and oxygen atoms in total. The normalized spacial score (nSPS) is 25.3. The highest BCUT2D eigenvalue weighted by Crippen LogP contribution is 2.28. The zero-order chi connectivity index (χ0) is 11.5. The Morgan fingerprint density at radius 1 is 1.31 bits per heavy atom. The number of carboxylic acid groups (broad SMARTS) is 1. The molecule has 1 saturated heterocycles. The Morgan fingerprint density at radius 3 is 2.69 bits per heavy atom. The second-order valence-corrected chi connectivity index (χ2v) is 3.44. The van der Waals surface area contributed by atoms with Gasteiger partial charge in [-0.1, -0.05) is 18.2 Å². The van der Waals surface area contributed by atoms with Gasteiger partial charge in [-0.2, -0.15) is 0 Å². The molecular formula is C11H11FO4. The lowest BCUT2D eigenvalue weighted by Crippen LogP contribution is -2.38. The summed E-state index contributed by atoms with van der Waals surface area (Å²) in [6.07, 6.45) is -2.03. The fourth-order valence-electron chi connectivity index (χ4n) is 1.68. The summed E-state index contributed by atoms with van der Waals surface area (Å²) in [4.78, 5) is 10.9. The Kier molecular flexibility index (Phi) is 3.17. The van der Waals surface area contributed by atoms with E-state index in [9.17, 15) is 9.18 Å².